The maximum atomic E-state index is 12.5. The Morgan fingerprint density at radius 1 is 0.615 bits per heavy atom. The van der Waals surface area contributed by atoms with Crippen molar-refractivity contribution in [2.75, 3.05) is 0 Å². The van der Waals surface area contributed by atoms with Crippen LogP contribution in [-0.2, 0) is 3.08 Å². The Labute approximate surface area is 167 Å². The standard InChI is InChI=1S/C24H25.O.Sn/c1-15-10-17(3)23(18(4)11-15)21-8-7-9-22(14-21)24-19(5)12-16(2)13-20(24)6;;/h7-13H,1-6H3;;. The van der Waals surface area contributed by atoms with Gasteiger partial charge in [-0.25, -0.2) is 0 Å². The predicted octanol–water partition coefficient (Wildman–Crippen LogP) is 5.55. The molecule has 1 nitrogen and oxygen atoms in total. The molecule has 0 saturated carbocycles. The van der Waals surface area contributed by atoms with E-state index in [9.17, 15) is 3.08 Å². The Kier molecular flexibility index (Phi) is 5.47. The molecule has 0 saturated heterocycles. The Morgan fingerprint density at radius 3 is 1.27 bits per heavy atom. The third kappa shape index (κ3) is 3.42. The summed E-state index contributed by atoms with van der Waals surface area (Å²) in [5, 5.41) is 0. The van der Waals surface area contributed by atoms with Crippen molar-refractivity contribution < 1.29 is 3.08 Å². The van der Waals surface area contributed by atoms with Crippen molar-refractivity contribution in [2.45, 2.75) is 41.5 Å². The third-order valence-corrected chi connectivity index (χ3v) is 7.18. The monoisotopic (exact) mass is 449 g/mol. The normalized spacial score (nSPS) is 10.8. The SMILES string of the molecule is Cc1cc(C)c(-c2cccc(-c3c(C)cc(C)cc3C)[c]2[Sn]=[O])c(C)c1. The summed E-state index contributed by atoms with van der Waals surface area (Å²) < 4.78 is 13.5. The molecule has 0 aliphatic rings. The number of benzene rings is 3. The molecule has 1 radical (unpaired) electrons. The molecule has 0 aliphatic carbocycles. The molecule has 0 unspecified atom stereocenters. The van der Waals surface area contributed by atoms with Gasteiger partial charge in [0.2, 0.25) is 0 Å². The summed E-state index contributed by atoms with van der Waals surface area (Å²) in [5.74, 6) is 0. The van der Waals surface area contributed by atoms with Gasteiger partial charge in [0.25, 0.3) is 0 Å². The van der Waals surface area contributed by atoms with E-state index in [1.165, 1.54) is 44.5 Å². The van der Waals surface area contributed by atoms with Crippen LogP contribution in [0.2, 0.25) is 0 Å². The van der Waals surface area contributed by atoms with E-state index < -0.39 is 21.1 Å². The molecule has 0 atom stereocenters. The first-order valence-corrected chi connectivity index (χ1v) is 11.6. The molecule has 0 N–H and O–H groups in total. The quantitative estimate of drug-likeness (QED) is 0.481. The van der Waals surface area contributed by atoms with Gasteiger partial charge in [0.15, 0.2) is 0 Å². The van der Waals surface area contributed by atoms with E-state index in [0.717, 1.165) is 14.7 Å². The summed E-state index contributed by atoms with van der Waals surface area (Å²) in [6.07, 6.45) is 0. The summed E-state index contributed by atoms with van der Waals surface area (Å²) in [6, 6.07) is 15.3. The average molecular weight is 448 g/mol. The molecule has 0 amide bonds. The third-order valence-electron chi connectivity index (χ3n) is 5.06. The summed E-state index contributed by atoms with van der Waals surface area (Å²) in [4.78, 5) is 0. The van der Waals surface area contributed by atoms with Crippen molar-refractivity contribution in [2.24, 2.45) is 0 Å². The van der Waals surface area contributed by atoms with Crippen molar-refractivity contribution >= 4 is 24.7 Å². The Morgan fingerprint density at radius 2 is 0.962 bits per heavy atom. The molecular formula is C24H25OSn. The maximum absolute atomic E-state index is 12.5. The first-order valence-electron chi connectivity index (χ1n) is 9.01. The van der Waals surface area contributed by atoms with Crippen LogP contribution in [0.1, 0.15) is 33.4 Å². The summed E-state index contributed by atoms with van der Waals surface area (Å²) in [6.45, 7) is 12.9. The summed E-state index contributed by atoms with van der Waals surface area (Å²) in [7, 11) is 0. The fourth-order valence-corrected chi connectivity index (χ4v) is 6.11. The van der Waals surface area contributed by atoms with Crippen LogP contribution in [-0.4, -0.2) is 21.1 Å². The second-order valence-electron chi connectivity index (χ2n) is 7.38. The van der Waals surface area contributed by atoms with Crippen molar-refractivity contribution in [3.05, 3.63) is 75.8 Å². The Balaban J connectivity index is 2.34. The zero-order valence-corrected chi connectivity index (χ0v) is 19.3. The molecule has 0 spiro atoms. The molecule has 0 bridgehead atoms. The van der Waals surface area contributed by atoms with E-state index >= 15 is 0 Å². The van der Waals surface area contributed by atoms with Gasteiger partial charge in [0, 0.05) is 0 Å². The van der Waals surface area contributed by atoms with Gasteiger partial charge < -0.3 is 0 Å². The zero-order valence-electron chi connectivity index (χ0n) is 16.4. The van der Waals surface area contributed by atoms with Gasteiger partial charge in [-0.15, -0.1) is 0 Å². The van der Waals surface area contributed by atoms with Gasteiger partial charge in [-0.2, -0.15) is 0 Å². The molecule has 3 aromatic carbocycles. The summed E-state index contributed by atoms with van der Waals surface area (Å²) >= 11 is -1.89. The minimum absolute atomic E-state index is 1.07. The number of hydrogen-bond acceptors (Lipinski definition) is 1. The molecule has 3 aromatic rings. The van der Waals surface area contributed by atoms with Gasteiger partial charge in [0.1, 0.15) is 0 Å². The molecule has 2 heteroatoms. The first kappa shape index (κ1) is 19.0. The number of rotatable bonds is 3. The van der Waals surface area contributed by atoms with Gasteiger partial charge in [0.05, 0.1) is 0 Å². The number of aryl methyl sites for hydroxylation is 6. The second kappa shape index (κ2) is 7.48. The molecule has 131 valence electrons. The van der Waals surface area contributed by atoms with Gasteiger partial charge >= 0.3 is 167 Å². The summed E-state index contributed by atoms with van der Waals surface area (Å²) in [5.41, 5.74) is 12.4. The Hall–Kier alpha value is -1.74. The van der Waals surface area contributed by atoms with E-state index in [0.29, 0.717) is 0 Å². The van der Waals surface area contributed by atoms with Crippen LogP contribution < -0.4 is 3.58 Å². The van der Waals surface area contributed by atoms with Crippen LogP contribution in [0.4, 0.5) is 0 Å². The molecule has 3 rings (SSSR count). The molecule has 0 aromatic heterocycles. The second-order valence-corrected chi connectivity index (χ2v) is 9.39. The van der Waals surface area contributed by atoms with Crippen LogP contribution in [0.15, 0.2) is 42.5 Å². The first-order chi connectivity index (χ1) is 12.3. The molecule has 0 fully saturated rings. The van der Waals surface area contributed by atoms with Gasteiger partial charge in [-0.3, -0.25) is 0 Å². The molecule has 26 heavy (non-hydrogen) atoms. The van der Waals surface area contributed by atoms with E-state index in [1.807, 2.05) is 0 Å². The van der Waals surface area contributed by atoms with E-state index in [4.69, 9.17) is 0 Å². The molecule has 0 heterocycles. The molecular weight excluding hydrogens is 423 g/mol. The van der Waals surface area contributed by atoms with Crippen LogP contribution in [0.5, 0.6) is 0 Å². The van der Waals surface area contributed by atoms with E-state index in [2.05, 4.69) is 84.0 Å². The van der Waals surface area contributed by atoms with Crippen molar-refractivity contribution in [1.29, 1.82) is 0 Å². The minimum atomic E-state index is -1.89. The van der Waals surface area contributed by atoms with Crippen LogP contribution in [0.25, 0.3) is 22.3 Å². The molecule has 0 aliphatic heterocycles. The fourth-order valence-electron chi connectivity index (χ4n) is 4.29. The van der Waals surface area contributed by atoms with Crippen LogP contribution in [0, 0.1) is 41.5 Å². The van der Waals surface area contributed by atoms with Crippen LogP contribution in [0.3, 0.4) is 0 Å². The van der Waals surface area contributed by atoms with E-state index in [1.54, 1.807) is 0 Å². The van der Waals surface area contributed by atoms with Gasteiger partial charge in [-0.05, 0) is 0 Å². The van der Waals surface area contributed by atoms with Crippen LogP contribution >= 0.6 is 0 Å². The zero-order chi connectivity index (χ0) is 19.0. The van der Waals surface area contributed by atoms with Crippen molar-refractivity contribution in [1.82, 2.24) is 0 Å². The fraction of sp³-hybridized carbons (Fsp3) is 0.250. The Bertz CT molecular complexity index is 893. The number of hydrogen-bond donors (Lipinski definition) is 0. The predicted molar refractivity (Wildman–Crippen MR) is 112 cm³/mol. The topological polar surface area (TPSA) is 17.1 Å². The average Bonchev–Trinajstić information content (AvgIpc) is 2.53. The van der Waals surface area contributed by atoms with Crippen molar-refractivity contribution in [3.63, 3.8) is 0 Å². The van der Waals surface area contributed by atoms with E-state index in [-0.39, 0.29) is 0 Å². The van der Waals surface area contributed by atoms with Gasteiger partial charge in [-0.1, -0.05) is 0 Å². The van der Waals surface area contributed by atoms with Crippen molar-refractivity contribution in [3.8, 4) is 22.3 Å².